The molecule has 0 aromatic heterocycles. The van der Waals surface area contributed by atoms with E-state index in [4.69, 9.17) is 14.2 Å². The quantitative estimate of drug-likeness (QED) is 0.362. The van der Waals surface area contributed by atoms with Crippen molar-refractivity contribution in [2.24, 2.45) is 0 Å². The van der Waals surface area contributed by atoms with Crippen LogP contribution in [0.25, 0.3) is 12.2 Å². The van der Waals surface area contributed by atoms with Crippen LogP contribution in [0.15, 0.2) is 65.6 Å². The number of methoxy groups -OCH3 is 3. The number of benzene rings is 3. The van der Waals surface area contributed by atoms with E-state index in [-0.39, 0.29) is 11.2 Å². The average Bonchev–Trinajstić information content (AvgIpc) is 2.82. The van der Waals surface area contributed by atoms with Crippen molar-refractivity contribution in [2.75, 3.05) is 21.3 Å². The van der Waals surface area contributed by atoms with Crippen molar-refractivity contribution in [1.29, 1.82) is 0 Å². The molecule has 0 N–H and O–H groups in total. The van der Waals surface area contributed by atoms with Gasteiger partial charge in [-0.2, -0.15) is 0 Å². The highest BCUT2D eigenvalue weighted by Crippen LogP contribution is 2.38. The van der Waals surface area contributed by atoms with Crippen LogP contribution in [0.3, 0.4) is 0 Å². The van der Waals surface area contributed by atoms with Crippen molar-refractivity contribution < 1.29 is 22.6 Å². The van der Waals surface area contributed by atoms with Crippen LogP contribution in [0.4, 0.5) is 0 Å². The van der Waals surface area contributed by atoms with Gasteiger partial charge in [0.15, 0.2) is 21.3 Å². The van der Waals surface area contributed by atoms with Gasteiger partial charge in [-0.05, 0) is 51.9 Å². The molecule has 0 bridgehead atoms. The zero-order valence-corrected chi connectivity index (χ0v) is 21.4. The fourth-order valence-corrected chi connectivity index (χ4v) is 5.05. The van der Waals surface area contributed by atoms with Gasteiger partial charge in [0, 0.05) is 0 Å². The SMILES string of the molecule is COc1cc(/C=C\c2ccccc2CS(=O)(=O)c2ccc(C(C)(C)C)cc2)cc(OC)c1OC. The molecule has 0 saturated carbocycles. The first-order valence-electron chi connectivity index (χ1n) is 11.0. The van der Waals surface area contributed by atoms with Gasteiger partial charge in [0.25, 0.3) is 0 Å². The Morgan fingerprint density at radius 1 is 0.794 bits per heavy atom. The van der Waals surface area contributed by atoms with E-state index in [0.717, 1.165) is 22.3 Å². The van der Waals surface area contributed by atoms with Crippen molar-refractivity contribution in [3.05, 3.63) is 82.9 Å². The lowest BCUT2D eigenvalue weighted by atomic mass is 9.87. The second kappa shape index (κ2) is 10.3. The van der Waals surface area contributed by atoms with Gasteiger partial charge in [-0.1, -0.05) is 69.3 Å². The zero-order valence-electron chi connectivity index (χ0n) is 20.6. The Kier molecular flexibility index (Phi) is 7.72. The number of rotatable bonds is 8. The zero-order chi connectivity index (χ0) is 24.9. The smallest absolute Gasteiger partial charge is 0.203 e. The lowest BCUT2D eigenvalue weighted by Gasteiger charge is -2.19. The summed E-state index contributed by atoms with van der Waals surface area (Å²) in [6.07, 6.45) is 3.79. The molecule has 3 aromatic rings. The largest absolute Gasteiger partial charge is 0.493 e. The van der Waals surface area contributed by atoms with Crippen molar-refractivity contribution in [2.45, 2.75) is 36.8 Å². The molecule has 0 amide bonds. The summed E-state index contributed by atoms with van der Waals surface area (Å²) in [5.74, 6) is 1.54. The number of ether oxygens (including phenoxy) is 3. The van der Waals surface area contributed by atoms with E-state index < -0.39 is 9.84 Å². The first-order valence-corrected chi connectivity index (χ1v) is 12.6. The molecule has 0 fully saturated rings. The fourth-order valence-electron chi connectivity index (χ4n) is 3.66. The summed E-state index contributed by atoms with van der Waals surface area (Å²) in [5, 5.41) is 0. The Hall–Kier alpha value is -3.25. The Morgan fingerprint density at radius 3 is 1.91 bits per heavy atom. The van der Waals surface area contributed by atoms with Crippen molar-refractivity contribution >= 4 is 22.0 Å². The van der Waals surface area contributed by atoms with Crippen molar-refractivity contribution in [3.8, 4) is 17.2 Å². The summed E-state index contributed by atoms with van der Waals surface area (Å²) in [6, 6.07) is 18.4. The molecule has 3 rings (SSSR count). The Bertz CT molecular complexity index is 1240. The second-order valence-corrected chi connectivity index (χ2v) is 11.0. The van der Waals surface area contributed by atoms with Crippen LogP contribution in [0.5, 0.6) is 17.2 Å². The van der Waals surface area contributed by atoms with Crippen molar-refractivity contribution in [3.63, 3.8) is 0 Å². The molecule has 0 heterocycles. The molecule has 0 aliphatic carbocycles. The van der Waals surface area contributed by atoms with E-state index in [1.807, 2.05) is 60.7 Å². The third kappa shape index (κ3) is 5.81. The average molecular weight is 481 g/mol. The highest BCUT2D eigenvalue weighted by Gasteiger charge is 2.19. The Labute approximate surface area is 202 Å². The van der Waals surface area contributed by atoms with Crippen LogP contribution in [-0.4, -0.2) is 29.7 Å². The third-order valence-corrected chi connectivity index (χ3v) is 7.30. The first kappa shape index (κ1) is 25.4. The molecular formula is C28H32O5S. The molecular weight excluding hydrogens is 448 g/mol. The maximum Gasteiger partial charge on any atom is 0.203 e. The second-order valence-electron chi connectivity index (χ2n) is 9.02. The summed E-state index contributed by atoms with van der Waals surface area (Å²) >= 11 is 0. The molecule has 34 heavy (non-hydrogen) atoms. The Balaban J connectivity index is 1.90. The van der Waals surface area contributed by atoms with Crippen molar-refractivity contribution in [1.82, 2.24) is 0 Å². The van der Waals surface area contributed by atoms with Crippen LogP contribution in [0, 0.1) is 0 Å². The van der Waals surface area contributed by atoms with E-state index >= 15 is 0 Å². The van der Waals surface area contributed by atoms with Gasteiger partial charge in [0.05, 0.1) is 32.0 Å². The van der Waals surface area contributed by atoms with Gasteiger partial charge in [0.1, 0.15) is 0 Å². The predicted molar refractivity (Wildman–Crippen MR) is 137 cm³/mol. The molecule has 0 atom stereocenters. The topological polar surface area (TPSA) is 61.8 Å². The minimum absolute atomic E-state index is 0.0352. The van der Waals surface area contributed by atoms with Gasteiger partial charge >= 0.3 is 0 Å². The minimum Gasteiger partial charge on any atom is -0.493 e. The number of hydrogen-bond acceptors (Lipinski definition) is 5. The lowest BCUT2D eigenvalue weighted by molar-refractivity contribution is 0.324. The third-order valence-electron chi connectivity index (χ3n) is 5.62. The van der Waals surface area contributed by atoms with Crippen LogP contribution in [0.1, 0.15) is 43.0 Å². The van der Waals surface area contributed by atoms with E-state index in [1.165, 1.54) is 0 Å². The summed E-state index contributed by atoms with van der Waals surface area (Å²) in [7, 11) is 1.19. The highest BCUT2D eigenvalue weighted by atomic mass is 32.2. The summed E-state index contributed by atoms with van der Waals surface area (Å²) < 4.78 is 42.5. The standard InChI is InChI=1S/C28H32O5S/c1-28(2,3)23-13-15-24(16-14-23)34(29,30)19-22-10-8-7-9-21(22)12-11-20-17-25(31-4)27(33-6)26(18-20)32-5/h7-18H,19H2,1-6H3/b12-11-. The summed E-state index contributed by atoms with van der Waals surface area (Å²) in [4.78, 5) is 0.323. The maximum atomic E-state index is 13.2. The molecule has 0 aliphatic rings. The normalized spacial score (nSPS) is 12.1. The van der Waals surface area contributed by atoms with Crippen LogP contribution < -0.4 is 14.2 Å². The lowest BCUT2D eigenvalue weighted by Crippen LogP contribution is -2.12. The molecule has 3 aromatic carbocycles. The minimum atomic E-state index is -3.50. The fraction of sp³-hybridized carbons (Fsp3) is 0.286. The van der Waals surface area contributed by atoms with E-state index in [9.17, 15) is 8.42 Å². The van der Waals surface area contributed by atoms with Crippen LogP contribution >= 0.6 is 0 Å². The van der Waals surface area contributed by atoms with Crippen LogP contribution in [-0.2, 0) is 21.0 Å². The maximum absolute atomic E-state index is 13.2. The molecule has 6 heteroatoms. The van der Waals surface area contributed by atoms with Gasteiger partial charge in [-0.3, -0.25) is 0 Å². The van der Waals surface area contributed by atoms with Crippen LogP contribution in [0.2, 0.25) is 0 Å². The Morgan fingerprint density at radius 2 is 1.38 bits per heavy atom. The first-order chi connectivity index (χ1) is 16.1. The molecule has 0 unspecified atom stereocenters. The van der Waals surface area contributed by atoms with Gasteiger partial charge in [-0.25, -0.2) is 8.42 Å². The van der Waals surface area contributed by atoms with E-state index in [0.29, 0.717) is 22.1 Å². The summed E-state index contributed by atoms with van der Waals surface area (Å²) in [6.45, 7) is 6.31. The molecule has 0 aliphatic heterocycles. The van der Waals surface area contributed by atoms with E-state index in [2.05, 4.69) is 20.8 Å². The van der Waals surface area contributed by atoms with Gasteiger partial charge < -0.3 is 14.2 Å². The van der Waals surface area contributed by atoms with Gasteiger partial charge in [-0.15, -0.1) is 0 Å². The highest BCUT2D eigenvalue weighted by molar-refractivity contribution is 7.90. The van der Waals surface area contributed by atoms with Gasteiger partial charge in [0.2, 0.25) is 5.75 Å². The summed E-state index contributed by atoms with van der Waals surface area (Å²) in [5.41, 5.74) is 3.45. The monoisotopic (exact) mass is 480 g/mol. The molecule has 0 saturated heterocycles. The molecule has 5 nitrogen and oxygen atoms in total. The van der Waals surface area contributed by atoms with E-state index in [1.54, 1.807) is 33.5 Å². The molecule has 0 spiro atoms. The number of hydrogen-bond donors (Lipinski definition) is 0. The predicted octanol–water partition coefficient (Wildman–Crippen LogP) is 6.15. The molecule has 0 radical (unpaired) electrons. The molecule has 180 valence electrons. The number of sulfone groups is 1.